The van der Waals surface area contributed by atoms with E-state index in [2.05, 4.69) is 5.32 Å². The average molecular weight is 340 g/mol. The Morgan fingerprint density at radius 3 is 2.48 bits per heavy atom. The minimum Gasteiger partial charge on any atom is -0.624 e. The number of unbranched alkanes of at least 4 members (excludes halogenated alkanes) is 1. The van der Waals surface area contributed by atoms with Gasteiger partial charge in [0.15, 0.2) is 12.3 Å². The third-order valence-electron chi connectivity index (χ3n) is 3.84. The fourth-order valence-corrected chi connectivity index (χ4v) is 2.32. The Morgan fingerprint density at radius 1 is 1.16 bits per heavy atom. The summed E-state index contributed by atoms with van der Waals surface area (Å²) < 4.78 is 6.08. The maximum Gasteiger partial charge on any atom is 0.407 e. The van der Waals surface area contributed by atoms with E-state index in [1.54, 1.807) is 6.21 Å². The Balaban J connectivity index is 1.63. The molecule has 25 heavy (non-hydrogen) atoms. The summed E-state index contributed by atoms with van der Waals surface area (Å²) in [5, 5.41) is 14.7. The van der Waals surface area contributed by atoms with Gasteiger partial charge in [0, 0.05) is 25.5 Å². The molecule has 1 N–H and O–H groups in total. The van der Waals surface area contributed by atoms with Gasteiger partial charge in [-0.15, -0.1) is 0 Å². The minimum absolute atomic E-state index is 0.218. The summed E-state index contributed by atoms with van der Waals surface area (Å²) in [7, 11) is 0. The highest BCUT2D eigenvalue weighted by Gasteiger charge is 2.10. The number of hydroxylamine groups is 1. The largest absolute Gasteiger partial charge is 0.624 e. The van der Waals surface area contributed by atoms with Gasteiger partial charge in [-0.3, -0.25) is 0 Å². The third-order valence-corrected chi connectivity index (χ3v) is 3.84. The van der Waals surface area contributed by atoms with Crippen LogP contribution in [0.15, 0.2) is 60.7 Å². The summed E-state index contributed by atoms with van der Waals surface area (Å²) in [4.78, 5) is 11.6. The van der Waals surface area contributed by atoms with Crippen molar-refractivity contribution in [3.8, 4) is 0 Å². The van der Waals surface area contributed by atoms with Crippen LogP contribution in [-0.4, -0.2) is 23.6 Å². The van der Waals surface area contributed by atoms with Gasteiger partial charge in [0.1, 0.15) is 6.61 Å². The molecular weight excluding hydrogens is 316 g/mol. The van der Waals surface area contributed by atoms with Crippen molar-refractivity contribution in [2.45, 2.75) is 32.4 Å². The highest BCUT2D eigenvalue weighted by molar-refractivity contribution is 5.67. The molecule has 0 unspecified atom stereocenters. The number of carbonyl (C=O) groups is 1. The van der Waals surface area contributed by atoms with Crippen LogP contribution in [0.5, 0.6) is 0 Å². The molecule has 0 saturated carbocycles. The number of nitrogens with one attached hydrogen (secondary N) is 1. The second-order valence-electron chi connectivity index (χ2n) is 5.76. The first-order valence-electron chi connectivity index (χ1n) is 8.45. The van der Waals surface area contributed by atoms with E-state index in [4.69, 9.17) is 4.74 Å². The van der Waals surface area contributed by atoms with Crippen molar-refractivity contribution in [2.75, 3.05) is 6.54 Å². The Kier molecular flexibility index (Phi) is 7.50. The number of hydrogen-bond donors (Lipinski definition) is 1. The van der Waals surface area contributed by atoms with Gasteiger partial charge in [-0.2, -0.15) is 0 Å². The molecule has 2 aromatic carbocycles. The van der Waals surface area contributed by atoms with Gasteiger partial charge >= 0.3 is 6.09 Å². The SMILES string of the molecule is C[C@H](c1ccccc1)/[N+]([O-])=C/CCCNC(=O)OCc1ccccc1. The number of nitrogens with zero attached hydrogens (tertiary/aromatic N) is 1. The number of rotatable bonds is 8. The van der Waals surface area contributed by atoms with Crippen molar-refractivity contribution in [1.29, 1.82) is 0 Å². The molecule has 0 aromatic heterocycles. The molecule has 0 saturated heterocycles. The molecule has 0 aliphatic heterocycles. The second-order valence-corrected chi connectivity index (χ2v) is 5.76. The molecule has 5 nitrogen and oxygen atoms in total. The third kappa shape index (κ3) is 6.67. The Labute approximate surface area is 148 Å². The number of amides is 1. The topological polar surface area (TPSA) is 64.4 Å². The molecule has 5 heteroatoms. The Bertz CT molecular complexity index is 672. The zero-order chi connectivity index (χ0) is 17.9. The van der Waals surface area contributed by atoms with E-state index < -0.39 is 6.09 Å². The first kappa shape index (κ1) is 18.5. The highest BCUT2D eigenvalue weighted by Crippen LogP contribution is 2.14. The molecule has 132 valence electrons. The summed E-state index contributed by atoms with van der Waals surface area (Å²) in [5.74, 6) is 0. The van der Waals surface area contributed by atoms with Gasteiger partial charge in [0.2, 0.25) is 0 Å². The minimum atomic E-state index is -0.444. The monoisotopic (exact) mass is 340 g/mol. The summed E-state index contributed by atoms with van der Waals surface area (Å²) in [6, 6.07) is 18.9. The van der Waals surface area contributed by atoms with Crippen LogP contribution in [0.3, 0.4) is 0 Å². The highest BCUT2D eigenvalue weighted by atomic mass is 16.5. The van der Waals surface area contributed by atoms with Crippen LogP contribution in [-0.2, 0) is 11.3 Å². The van der Waals surface area contributed by atoms with Crippen LogP contribution in [0.2, 0.25) is 0 Å². The van der Waals surface area contributed by atoms with Gasteiger partial charge in [0.25, 0.3) is 0 Å². The lowest BCUT2D eigenvalue weighted by Crippen LogP contribution is -2.25. The zero-order valence-corrected chi connectivity index (χ0v) is 14.4. The van der Waals surface area contributed by atoms with Crippen LogP contribution < -0.4 is 5.32 Å². The van der Waals surface area contributed by atoms with Crippen molar-refractivity contribution < 1.29 is 14.3 Å². The maximum atomic E-state index is 12.0. The smallest absolute Gasteiger partial charge is 0.407 e. The Morgan fingerprint density at radius 2 is 1.80 bits per heavy atom. The number of benzene rings is 2. The predicted octanol–water partition coefficient (Wildman–Crippen LogP) is 4.04. The summed E-state index contributed by atoms with van der Waals surface area (Å²) in [6.45, 7) is 2.59. The summed E-state index contributed by atoms with van der Waals surface area (Å²) in [5.41, 5.74) is 1.93. The number of alkyl carbamates (subject to hydrolysis) is 1. The first-order valence-corrected chi connectivity index (χ1v) is 8.45. The van der Waals surface area contributed by atoms with E-state index in [1.807, 2.05) is 67.6 Å². The standard InChI is InChI=1S/C20H24N2O3/c1-17(19-12-6-3-7-13-19)22(24)15-9-8-14-21-20(23)25-16-18-10-4-2-5-11-18/h2-7,10-13,15,17H,8-9,14,16H2,1H3,(H,21,23)/b22-15-/t17-/m1/s1. The molecule has 0 heterocycles. The van der Waals surface area contributed by atoms with E-state index in [1.165, 1.54) is 0 Å². The molecule has 1 amide bonds. The molecule has 2 aromatic rings. The molecule has 0 radical (unpaired) electrons. The van der Waals surface area contributed by atoms with Crippen molar-refractivity contribution in [2.24, 2.45) is 0 Å². The molecular formula is C20H24N2O3. The van der Waals surface area contributed by atoms with Gasteiger partial charge in [0.05, 0.1) is 0 Å². The summed E-state index contributed by atoms with van der Waals surface area (Å²) >= 11 is 0. The molecule has 0 spiro atoms. The van der Waals surface area contributed by atoms with Gasteiger partial charge in [-0.1, -0.05) is 60.7 Å². The van der Waals surface area contributed by atoms with Crippen LogP contribution in [0, 0.1) is 5.21 Å². The molecule has 0 bridgehead atoms. The normalized spacial score (nSPS) is 12.4. The number of hydrogen-bond acceptors (Lipinski definition) is 3. The molecule has 0 fully saturated rings. The van der Waals surface area contributed by atoms with Crippen LogP contribution >= 0.6 is 0 Å². The van der Waals surface area contributed by atoms with Gasteiger partial charge in [-0.05, 0) is 12.0 Å². The van der Waals surface area contributed by atoms with Gasteiger partial charge < -0.3 is 15.3 Å². The van der Waals surface area contributed by atoms with Crippen molar-refractivity contribution >= 4 is 12.3 Å². The van der Waals surface area contributed by atoms with Crippen molar-refractivity contribution in [1.82, 2.24) is 5.32 Å². The molecule has 0 aliphatic carbocycles. The first-order chi connectivity index (χ1) is 12.2. The van der Waals surface area contributed by atoms with Crippen LogP contribution in [0.4, 0.5) is 4.79 Å². The number of carbonyl (C=O) groups excluding carboxylic acids is 1. The van der Waals surface area contributed by atoms with Crippen molar-refractivity contribution in [3.05, 3.63) is 77.0 Å². The van der Waals surface area contributed by atoms with Crippen molar-refractivity contribution in [3.63, 3.8) is 0 Å². The number of ether oxygens (including phenoxy) is 1. The predicted molar refractivity (Wildman–Crippen MR) is 98.4 cm³/mol. The second kappa shape index (κ2) is 10.1. The average Bonchev–Trinajstić information content (AvgIpc) is 2.67. The van der Waals surface area contributed by atoms with E-state index in [9.17, 15) is 10.0 Å². The van der Waals surface area contributed by atoms with E-state index >= 15 is 0 Å². The van der Waals surface area contributed by atoms with E-state index in [0.29, 0.717) is 19.4 Å². The molecule has 1 atom stereocenters. The molecule has 0 aliphatic rings. The molecule has 2 rings (SSSR count). The lowest BCUT2D eigenvalue weighted by atomic mass is 10.1. The quantitative estimate of drug-likeness (QED) is 0.259. The Hall–Kier alpha value is -2.82. The van der Waals surface area contributed by atoms with Crippen LogP contribution in [0.1, 0.15) is 36.9 Å². The van der Waals surface area contributed by atoms with E-state index in [-0.39, 0.29) is 12.6 Å². The fourth-order valence-electron chi connectivity index (χ4n) is 2.32. The zero-order valence-electron chi connectivity index (χ0n) is 14.4. The fraction of sp³-hybridized carbons (Fsp3) is 0.300. The summed E-state index contributed by atoms with van der Waals surface area (Å²) in [6.07, 6.45) is 2.45. The maximum absolute atomic E-state index is 12.0. The van der Waals surface area contributed by atoms with Gasteiger partial charge in [-0.25, -0.2) is 9.53 Å². The lowest BCUT2D eigenvalue weighted by Gasteiger charge is -2.12. The lowest BCUT2D eigenvalue weighted by molar-refractivity contribution is -0.499. The van der Waals surface area contributed by atoms with Crippen LogP contribution in [0.25, 0.3) is 0 Å². The van der Waals surface area contributed by atoms with E-state index in [0.717, 1.165) is 15.9 Å².